The van der Waals surface area contributed by atoms with E-state index in [9.17, 15) is 9.59 Å². The third kappa shape index (κ3) is 4.82. The zero-order chi connectivity index (χ0) is 19.1. The molecule has 136 valence electrons. The van der Waals surface area contributed by atoms with Crippen LogP contribution < -0.4 is 5.32 Å². The second-order valence-electron chi connectivity index (χ2n) is 6.20. The molecule has 0 fully saturated rings. The Labute approximate surface area is 159 Å². The van der Waals surface area contributed by atoms with Crippen LogP contribution in [0.5, 0.6) is 0 Å². The second kappa shape index (κ2) is 8.81. The molecule has 3 aromatic carbocycles. The largest absolute Gasteiger partial charge is 0.335 e. The third-order valence-corrected chi connectivity index (χ3v) is 4.31. The summed E-state index contributed by atoms with van der Waals surface area (Å²) in [6.07, 6.45) is 0. The maximum absolute atomic E-state index is 12.8. The molecule has 0 unspecified atom stereocenters. The molecule has 0 atom stereocenters. The molecule has 0 aliphatic rings. The number of nitrogens with one attached hydrogen (secondary N) is 1. The van der Waals surface area contributed by atoms with Gasteiger partial charge in [0, 0.05) is 29.9 Å². The first kappa shape index (κ1) is 18.4. The van der Waals surface area contributed by atoms with E-state index >= 15 is 0 Å². The first-order valence-electron chi connectivity index (χ1n) is 8.97. The van der Waals surface area contributed by atoms with Crippen LogP contribution in [0.15, 0.2) is 84.9 Å². The topological polar surface area (TPSA) is 49.4 Å². The molecule has 3 rings (SSSR count). The Morgan fingerprint density at radius 2 is 1.37 bits per heavy atom. The minimum atomic E-state index is -0.172. The normalized spacial score (nSPS) is 10.3. The lowest BCUT2D eigenvalue weighted by molar-refractivity contribution is 0.0752. The highest BCUT2D eigenvalue weighted by Gasteiger charge is 2.15. The van der Waals surface area contributed by atoms with Crippen LogP contribution in [0.25, 0.3) is 0 Å². The van der Waals surface area contributed by atoms with Gasteiger partial charge in [-0.1, -0.05) is 48.5 Å². The summed E-state index contributed by atoms with van der Waals surface area (Å²) in [6.45, 7) is 3.16. The summed E-state index contributed by atoms with van der Waals surface area (Å²) >= 11 is 0. The summed E-state index contributed by atoms with van der Waals surface area (Å²) in [5.74, 6) is -0.198. The van der Waals surface area contributed by atoms with Gasteiger partial charge in [-0.05, 0) is 48.9 Å². The molecule has 0 aliphatic heterocycles. The van der Waals surface area contributed by atoms with Crippen LogP contribution >= 0.6 is 0 Å². The minimum absolute atomic E-state index is 0.0257. The van der Waals surface area contributed by atoms with Crippen molar-refractivity contribution in [2.75, 3.05) is 11.9 Å². The molecule has 0 aliphatic carbocycles. The van der Waals surface area contributed by atoms with Crippen LogP contribution in [0.3, 0.4) is 0 Å². The lowest BCUT2D eigenvalue weighted by Gasteiger charge is -2.21. The van der Waals surface area contributed by atoms with Crippen LogP contribution in [0.4, 0.5) is 5.69 Å². The number of benzene rings is 3. The van der Waals surface area contributed by atoms with Gasteiger partial charge in [0.05, 0.1) is 0 Å². The van der Waals surface area contributed by atoms with Crippen molar-refractivity contribution in [3.05, 3.63) is 102 Å². The molecule has 0 spiro atoms. The molecule has 0 radical (unpaired) electrons. The molecular weight excluding hydrogens is 336 g/mol. The van der Waals surface area contributed by atoms with Crippen molar-refractivity contribution in [1.29, 1.82) is 0 Å². The minimum Gasteiger partial charge on any atom is -0.335 e. The van der Waals surface area contributed by atoms with E-state index in [1.807, 2.05) is 55.5 Å². The smallest absolute Gasteiger partial charge is 0.255 e. The number of amides is 2. The van der Waals surface area contributed by atoms with E-state index in [0.717, 1.165) is 5.56 Å². The highest BCUT2D eigenvalue weighted by atomic mass is 16.2. The number of rotatable bonds is 6. The Morgan fingerprint density at radius 3 is 1.96 bits per heavy atom. The highest BCUT2D eigenvalue weighted by molar-refractivity contribution is 6.04. The van der Waals surface area contributed by atoms with Gasteiger partial charge in [0.25, 0.3) is 11.8 Å². The van der Waals surface area contributed by atoms with Crippen LogP contribution in [0, 0.1) is 0 Å². The monoisotopic (exact) mass is 358 g/mol. The van der Waals surface area contributed by atoms with E-state index in [1.165, 1.54) is 0 Å². The number of carbonyl (C=O) groups excluding carboxylic acids is 2. The summed E-state index contributed by atoms with van der Waals surface area (Å²) in [4.78, 5) is 26.8. The summed E-state index contributed by atoms with van der Waals surface area (Å²) in [5.41, 5.74) is 2.95. The van der Waals surface area contributed by atoms with Crippen LogP contribution in [0.1, 0.15) is 33.2 Å². The van der Waals surface area contributed by atoms with Gasteiger partial charge in [-0.25, -0.2) is 0 Å². The fourth-order valence-corrected chi connectivity index (χ4v) is 2.80. The molecule has 4 heteroatoms. The average Bonchev–Trinajstić information content (AvgIpc) is 2.73. The number of anilines is 1. The molecule has 4 nitrogen and oxygen atoms in total. The zero-order valence-electron chi connectivity index (χ0n) is 15.3. The quantitative estimate of drug-likeness (QED) is 0.700. The average molecular weight is 358 g/mol. The standard InChI is InChI=1S/C23H22N2O2/c1-2-25(17-18-9-5-3-6-10-18)23(27)20-13-15-21(16-14-20)24-22(26)19-11-7-4-8-12-19/h3-16H,2,17H2,1H3,(H,24,26). The lowest BCUT2D eigenvalue weighted by Crippen LogP contribution is -2.30. The van der Waals surface area contributed by atoms with Gasteiger partial charge in [0.1, 0.15) is 0 Å². The first-order valence-corrected chi connectivity index (χ1v) is 8.97. The van der Waals surface area contributed by atoms with Gasteiger partial charge in [0.15, 0.2) is 0 Å². The van der Waals surface area contributed by atoms with Crippen molar-refractivity contribution in [2.24, 2.45) is 0 Å². The Balaban J connectivity index is 1.66. The van der Waals surface area contributed by atoms with E-state index in [-0.39, 0.29) is 11.8 Å². The number of carbonyl (C=O) groups is 2. The van der Waals surface area contributed by atoms with Gasteiger partial charge in [-0.15, -0.1) is 0 Å². The molecule has 1 N–H and O–H groups in total. The van der Waals surface area contributed by atoms with Crippen molar-refractivity contribution < 1.29 is 9.59 Å². The van der Waals surface area contributed by atoms with E-state index in [0.29, 0.717) is 29.9 Å². The molecule has 0 aromatic heterocycles. The van der Waals surface area contributed by atoms with Crippen molar-refractivity contribution in [2.45, 2.75) is 13.5 Å². The first-order chi connectivity index (χ1) is 13.2. The molecule has 0 saturated carbocycles. The molecule has 2 amide bonds. The van der Waals surface area contributed by atoms with Crippen LogP contribution in [-0.4, -0.2) is 23.3 Å². The van der Waals surface area contributed by atoms with Crippen molar-refractivity contribution in [3.63, 3.8) is 0 Å². The molecule has 27 heavy (non-hydrogen) atoms. The predicted molar refractivity (Wildman–Crippen MR) is 108 cm³/mol. The van der Waals surface area contributed by atoms with Crippen LogP contribution in [-0.2, 0) is 6.54 Å². The fourth-order valence-electron chi connectivity index (χ4n) is 2.80. The Hall–Kier alpha value is -3.40. The van der Waals surface area contributed by atoms with Crippen molar-refractivity contribution in [3.8, 4) is 0 Å². The Kier molecular flexibility index (Phi) is 6.00. The fraction of sp³-hybridized carbons (Fsp3) is 0.130. The van der Waals surface area contributed by atoms with Gasteiger partial charge in [-0.3, -0.25) is 9.59 Å². The van der Waals surface area contributed by atoms with Gasteiger partial charge >= 0.3 is 0 Å². The number of hydrogen-bond acceptors (Lipinski definition) is 2. The van der Waals surface area contributed by atoms with Gasteiger partial charge in [-0.2, -0.15) is 0 Å². The second-order valence-corrected chi connectivity index (χ2v) is 6.20. The maximum atomic E-state index is 12.8. The third-order valence-electron chi connectivity index (χ3n) is 4.31. The summed E-state index contributed by atoms with van der Waals surface area (Å²) in [6, 6.07) is 26.0. The Bertz CT molecular complexity index is 891. The lowest BCUT2D eigenvalue weighted by atomic mass is 10.1. The number of hydrogen-bond donors (Lipinski definition) is 1. The SMILES string of the molecule is CCN(Cc1ccccc1)C(=O)c1ccc(NC(=O)c2ccccc2)cc1. The zero-order valence-corrected chi connectivity index (χ0v) is 15.3. The molecule has 0 saturated heterocycles. The predicted octanol–water partition coefficient (Wildman–Crippen LogP) is 4.60. The van der Waals surface area contributed by atoms with E-state index < -0.39 is 0 Å². The van der Waals surface area contributed by atoms with Gasteiger partial charge < -0.3 is 10.2 Å². The van der Waals surface area contributed by atoms with Gasteiger partial charge in [0.2, 0.25) is 0 Å². The Morgan fingerprint density at radius 1 is 0.778 bits per heavy atom. The molecular formula is C23H22N2O2. The highest BCUT2D eigenvalue weighted by Crippen LogP contribution is 2.15. The van der Waals surface area contributed by atoms with Crippen molar-refractivity contribution in [1.82, 2.24) is 4.90 Å². The summed E-state index contributed by atoms with van der Waals surface area (Å²) in [5, 5.41) is 2.84. The summed E-state index contributed by atoms with van der Waals surface area (Å²) in [7, 11) is 0. The molecule has 3 aromatic rings. The summed E-state index contributed by atoms with van der Waals surface area (Å²) < 4.78 is 0. The maximum Gasteiger partial charge on any atom is 0.255 e. The van der Waals surface area contributed by atoms with E-state index in [1.54, 1.807) is 41.3 Å². The molecule has 0 bridgehead atoms. The van der Waals surface area contributed by atoms with E-state index in [4.69, 9.17) is 0 Å². The number of nitrogens with zero attached hydrogens (tertiary/aromatic N) is 1. The van der Waals surface area contributed by atoms with Crippen LogP contribution in [0.2, 0.25) is 0 Å². The van der Waals surface area contributed by atoms with E-state index in [2.05, 4.69) is 5.32 Å². The van der Waals surface area contributed by atoms with Crippen molar-refractivity contribution >= 4 is 17.5 Å². The molecule has 0 heterocycles.